The summed E-state index contributed by atoms with van der Waals surface area (Å²) in [6.45, 7) is 1.20. The summed E-state index contributed by atoms with van der Waals surface area (Å²) in [5.41, 5.74) is 0.365. The van der Waals surface area contributed by atoms with Gasteiger partial charge in [0.25, 0.3) is 0 Å². The first kappa shape index (κ1) is 18.9. The summed E-state index contributed by atoms with van der Waals surface area (Å²) in [5, 5.41) is 21.7. The number of carboxylic acid groups (broad SMARTS) is 1. The van der Waals surface area contributed by atoms with Gasteiger partial charge in [-0.15, -0.1) is 0 Å². The fourth-order valence-electron chi connectivity index (χ4n) is 4.48. The molecule has 0 spiro atoms. The van der Waals surface area contributed by atoms with Crippen molar-refractivity contribution in [3.8, 4) is 0 Å². The zero-order valence-electron chi connectivity index (χ0n) is 14.7. The molecule has 144 valence electrons. The Bertz CT molecular complexity index is 635. The molecule has 0 aromatic heterocycles. The van der Waals surface area contributed by atoms with Crippen LogP contribution in [0.5, 0.6) is 0 Å². The van der Waals surface area contributed by atoms with Gasteiger partial charge in [0.1, 0.15) is 11.6 Å². The normalized spacial score (nSPS) is 27.8. The molecule has 5 nitrogen and oxygen atoms in total. The molecule has 1 saturated carbocycles. The lowest BCUT2D eigenvalue weighted by Gasteiger charge is -2.42. The van der Waals surface area contributed by atoms with Crippen molar-refractivity contribution in [1.29, 1.82) is 0 Å². The Kier molecular flexibility index (Phi) is 5.96. The van der Waals surface area contributed by atoms with Crippen molar-refractivity contribution in [1.82, 2.24) is 5.32 Å². The number of aliphatic hydroxyl groups is 1. The molecule has 2 aliphatic rings. The maximum absolute atomic E-state index is 14.2. The molecule has 0 bridgehead atoms. The summed E-state index contributed by atoms with van der Waals surface area (Å²) in [7, 11) is 0. The third kappa shape index (κ3) is 4.44. The summed E-state index contributed by atoms with van der Waals surface area (Å²) in [6.07, 6.45) is 3.29. The number of aliphatic hydroxyl groups excluding tert-OH is 1. The minimum atomic E-state index is -1.05. The highest BCUT2D eigenvalue weighted by Gasteiger charge is 2.36. The molecule has 2 fully saturated rings. The highest BCUT2D eigenvalue weighted by atomic mass is 19.1. The topological polar surface area (TPSA) is 72.8 Å². The first-order valence-electron chi connectivity index (χ1n) is 9.31. The van der Waals surface area contributed by atoms with Crippen LogP contribution in [0, 0.1) is 23.5 Å². The van der Waals surface area contributed by atoms with Gasteiger partial charge in [0.2, 0.25) is 0 Å². The van der Waals surface area contributed by atoms with Crippen LogP contribution in [0.25, 0.3) is 0 Å². The van der Waals surface area contributed by atoms with Gasteiger partial charge in [-0.25, -0.2) is 13.6 Å². The molecular formula is C19H26F2N2O3. The Morgan fingerprint density at radius 1 is 1.15 bits per heavy atom. The van der Waals surface area contributed by atoms with Crippen molar-refractivity contribution in [2.24, 2.45) is 11.8 Å². The molecule has 1 aliphatic heterocycles. The molecule has 3 N–H and O–H groups in total. The summed E-state index contributed by atoms with van der Waals surface area (Å²) in [5.74, 6) is -0.956. The van der Waals surface area contributed by atoms with Crippen LogP contribution in [0.2, 0.25) is 0 Å². The molecule has 7 heteroatoms. The first-order valence-corrected chi connectivity index (χ1v) is 9.31. The SMILES string of the molecule is O=C(O)NC(C1CCC(O)CC1)C1CCCN(c2ccc(F)cc2F)C1. The van der Waals surface area contributed by atoms with E-state index in [1.54, 1.807) is 0 Å². The monoisotopic (exact) mass is 368 g/mol. The standard InChI is InChI=1S/C19H26F2N2O3/c20-14-5-8-17(16(21)10-14)23-9-1-2-13(11-23)18(22-19(25)26)12-3-6-15(24)7-4-12/h5,8,10,12-13,15,18,22,24H,1-4,6-7,9,11H2,(H,25,26). The predicted molar refractivity (Wildman–Crippen MR) is 94.2 cm³/mol. The third-order valence-corrected chi connectivity index (χ3v) is 5.76. The molecule has 26 heavy (non-hydrogen) atoms. The van der Waals surface area contributed by atoms with E-state index in [0.717, 1.165) is 31.7 Å². The highest BCUT2D eigenvalue weighted by molar-refractivity contribution is 5.65. The lowest BCUT2D eigenvalue weighted by molar-refractivity contribution is 0.0838. The van der Waals surface area contributed by atoms with Crippen molar-refractivity contribution in [2.75, 3.05) is 18.0 Å². The predicted octanol–water partition coefficient (Wildman–Crippen LogP) is 3.37. The quantitative estimate of drug-likeness (QED) is 0.762. The number of nitrogens with zero attached hydrogens (tertiary/aromatic N) is 1. The number of anilines is 1. The molecule has 1 amide bonds. The highest BCUT2D eigenvalue weighted by Crippen LogP contribution is 2.34. The Labute approximate surface area is 152 Å². The number of halogens is 2. The van der Waals surface area contributed by atoms with Crippen molar-refractivity contribution in [2.45, 2.75) is 50.7 Å². The van der Waals surface area contributed by atoms with E-state index < -0.39 is 17.7 Å². The second-order valence-electron chi connectivity index (χ2n) is 7.49. The van der Waals surface area contributed by atoms with Crippen LogP contribution in [0.1, 0.15) is 38.5 Å². The van der Waals surface area contributed by atoms with Crippen LogP contribution in [-0.4, -0.2) is 41.5 Å². The van der Waals surface area contributed by atoms with Crippen LogP contribution in [-0.2, 0) is 0 Å². The summed E-state index contributed by atoms with van der Waals surface area (Å²) in [6, 6.07) is 3.36. The van der Waals surface area contributed by atoms with Gasteiger partial charge in [-0.1, -0.05) is 0 Å². The van der Waals surface area contributed by atoms with E-state index >= 15 is 0 Å². The molecule has 3 rings (SSSR count). The number of carbonyl (C=O) groups is 1. The van der Waals surface area contributed by atoms with Gasteiger partial charge < -0.3 is 20.4 Å². The van der Waals surface area contributed by atoms with Crippen LogP contribution < -0.4 is 10.2 Å². The molecule has 0 radical (unpaired) electrons. The number of benzene rings is 1. The Morgan fingerprint density at radius 3 is 2.54 bits per heavy atom. The summed E-state index contributed by atoms with van der Waals surface area (Å²) >= 11 is 0. The van der Waals surface area contributed by atoms with E-state index in [9.17, 15) is 23.8 Å². The molecular weight excluding hydrogens is 342 g/mol. The lowest BCUT2D eigenvalue weighted by atomic mass is 9.75. The lowest BCUT2D eigenvalue weighted by Crippen LogP contribution is -2.51. The maximum atomic E-state index is 14.2. The average Bonchev–Trinajstić information content (AvgIpc) is 2.60. The van der Waals surface area contributed by atoms with Gasteiger partial charge in [0.15, 0.2) is 0 Å². The Balaban J connectivity index is 1.74. The van der Waals surface area contributed by atoms with Crippen molar-refractivity contribution in [3.05, 3.63) is 29.8 Å². The number of rotatable bonds is 4. The number of nitrogens with one attached hydrogen (secondary N) is 1. The van der Waals surface area contributed by atoms with Crippen LogP contribution in [0.3, 0.4) is 0 Å². The molecule has 1 aromatic carbocycles. The Hall–Kier alpha value is -1.89. The van der Waals surface area contributed by atoms with Crippen LogP contribution in [0.4, 0.5) is 19.3 Å². The largest absolute Gasteiger partial charge is 0.465 e. The smallest absolute Gasteiger partial charge is 0.404 e. The van der Waals surface area contributed by atoms with E-state index in [1.165, 1.54) is 12.1 Å². The molecule has 1 aromatic rings. The third-order valence-electron chi connectivity index (χ3n) is 5.76. The summed E-state index contributed by atoms with van der Waals surface area (Å²) < 4.78 is 27.3. The van der Waals surface area contributed by atoms with Crippen molar-refractivity contribution < 1.29 is 23.8 Å². The van der Waals surface area contributed by atoms with Crippen molar-refractivity contribution in [3.63, 3.8) is 0 Å². The average molecular weight is 368 g/mol. The van der Waals surface area contributed by atoms with E-state index in [2.05, 4.69) is 5.32 Å². The Morgan fingerprint density at radius 2 is 1.88 bits per heavy atom. The maximum Gasteiger partial charge on any atom is 0.404 e. The van der Waals surface area contributed by atoms with Gasteiger partial charge in [-0.2, -0.15) is 0 Å². The fourth-order valence-corrected chi connectivity index (χ4v) is 4.48. The van der Waals surface area contributed by atoms with E-state index in [-0.39, 0.29) is 24.0 Å². The number of hydrogen-bond donors (Lipinski definition) is 3. The van der Waals surface area contributed by atoms with Gasteiger partial charge in [-0.3, -0.25) is 0 Å². The van der Waals surface area contributed by atoms with E-state index in [1.807, 2.05) is 4.90 Å². The molecule has 2 unspecified atom stereocenters. The second-order valence-corrected chi connectivity index (χ2v) is 7.49. The summed E-state index contributed by atoms with van der Waals surface area (Å²) in [4.78, 5) is 13.2. The molecule has 2 atom stereocenters. The van der Waals surface area contributed by atoms with Gasteiger partial charge in [0.05, 0.1) is 11.8 Å². The van der Waals surface area contributed by atoms with Gasteiger partial charge >= 0.3 is 6.09 Å². The van der Waals surface area contributed by atoms with Gasteiger partial charge in [-0.05, 0) is 62.5 Å². The number of piperidine rings is 1. The molecule has 1 heterocycles. The number of hydrogen-bond acceptors (Lipinski definition) is 3. The van der Waals surface area contributed by atoms with Gasteiger partial charge in [0, 0.05) is 25.2 Å². The van der Waals surface area contributed by atoms with Crippen molar-refractivity contribution >= 4 is 11.8 Å². The zero-order valence-corrected chi connectivity index (χ0v) is 14.7. The minimum absolute atomic E-state index is 0.0598. The number of amides is 1. The zero-order chi connectivity index (χ0) is 18.7. The molecule has 1 saturated heterocycles. The fraction of sp³-hybridized carbons (Fsp3) is 0.632. The van der Waals surface area contributed by atoms with E-state index in [0.29, 0.717) is 31.6 Å². The molecule has 1 aliphatic carbocycles. The first-order chi connectivity index (χ1) is 12.4. The van der Waals surface area contributed by atoms with Crippen LogP contribution >= 0.6 is 0 Å². The second kappa shape index (κ2) is 8.20. The minimum Gasteiger partial charge on any atom is -0.465 e. The van der Waals surface area contributed by atoms with E-state index in [4.69, 9.17) is 0 Å². The van der Waals surface area contributed by atoms with Crippen LogP contribution in [0.15, 0.2) is 18.2 Å².